The second-order valence-corrected chi connectivity index (χ2v) is 5.14. The van der Waals surface area contributed by atoms with Crippen molar-refractivity contribution in [3.63, 3.8) is 0 Å². The van der Waals surface area contributed by atoms with Crippen molar-refractivity contribution < 1.29 is 0 Å². The summed E-state index contributed by atoms with van der Waals surface area (Å²) in [6, 6.07) is 0. The first-order valence-corrected chi connectivity index (χ1v) is 5.95. The molecule has 1 unspecified atom stereocenters. The van der Waals surface area contributed by atoms with Crippen molar-refractivity contribution in [1.29, 1.82) is 0 Å². The molecule has 0 heteroatoms. The molecule has 2 aliphatic carbocycles. The molecule has 2 rings (SSSR count). The Hall–Kier alpha value is -0.260. The molecule has 13 heavy (non-hydrogen) atoms. The molecule has 1 atom stereocenters. The van der Waals surface area contributed by atoms with Gasteiger partial charge in [0.25, 0.3) is 0 Å². The normalized spacial score (nSPS) is 34.2. The van der Waals surface area contributed by atoms with Gasteiger partial charge in [-0.05, 0) is 49.9 Å². The lowest BCUT2D eigenvalue weighted by molar-refractivity contribution is 0.160. The molecule has 0 spiro atoms. The smallest absolute Gasteiger partial charge is 0.00650 e. The summed E-state index contributed by atoms with van der Waals surface area (Å²) < 4.78 is 0. The predicted octanol–water partition coefficient (Wildman–Crippen LogP) is 4.31. The molecule has 1 fully saturated rings. The van der Waals surface area contributed by atoms with Gasteiger partial charge in [0.05, 0.1) is 0 Å². The average molecular weight is 178 g/mol. The Morgan fingerprint density at radius 1 is 1.15 bits per heavy atom. The van der Waals surface area contributed by atoms with Crippen LogP contribution in [0.1, 0.15) is 58.8 Å². The number of fused-ring (bicyclic) bond motifs is 1. The minimum Gasteiger partial charge on any atom is -0.0848 e. The van der Waals surface area contributed by atoms with Crippen molar-refractivity contribution in [3.05, 3.63) is 11.6 Å². The number of rotatable bonds is 1. The highest BCUT2D eigenvalue weighted by Crippen LogP contribution is 2.52. The first-order valence-electron chi connectivity index (χ1n) is 5.95. The van der Waals surface area contributed by atoms with Gasteiger partial charge in [0.1, 0.15) is 0 Å². The molecular weight excluding hydrogens is 156 g/mol. The zero-order valence-corrected chi connectivity index (χ0v) is 9.10. The Morgan fingerprint density at radius 3 is 2.62 bits per heavy atom. The summed E-state index contributed by atoms with van der Waals surface area (Å²) in [5.41, 5.74) is 2.45. The molecular formula is C13H22. The number of hydrogen-bond acceptors (Lipinski definition) is 0. The van der Waals surface area contributed by atoms with Crippen molar-refractivity contribution in [2.45, 2.75) is 58.8 Å². The van der Waals surface area contributed by atoms with Crippen LogP contribution in [0.25, 0.3) is 0 Å². The van der Waals surface area contributed by atoms with Crippen molar-refractivity contribution in [1.82, 2.24) is 0 Å². The maximum absolute atomic E-state index is 2.56. The van der Waals surface area contributed by atoms with Crippen molar-refractivity contribution in [3.8, 4) is 0 Å². The molecule has 0 N–H and O–H groups in total. The standard InChI is InChI=1S/C13H22/c1-11(2)13-9-5-3-7-12(13)8-4-6-10-13/h7,11H,3-6,8-10H2,1-2H3. The quantitative estimate of drug-likeness (QED) is 0.525. The van der Waals surface area contributed by atoms with E-state index in [9.17, 15) is 0 Å². The van der Waals surface area contributed by atoms with Crippen LogP contribution >= 0.6 is 0 Å². The Bertz CT molecular complexity index is 212. The summed E-state index contributed by atoms with van der Waals surface area (Å²) in [5.74, 6) is 0.861. The van der Waals surface area contributed by atoms with Crippen molar-refractivity contribution in [2.24, 2.45) is 11.3 Å². The van der Waals surface area contributed by atoms with Crippen LogP contribution in [-0.2, 0) is 0 Å². The van der Waals surface area contributed by atoms with E-state index in [1.807, 2.05) is 5.57 Å². The van der Waals surface area contributed by atoms with Gasteiger partial charge in [0.15, 0.2) is 0 Å². The lowest BCUT2D eigenvalue weighted by Gasteiger charge is -2.45. The fraction of sp³-hybridized carbons (Fsp3) is 0.846. The molecule has 2 aliphatic rings. The van der Waals surface area contributed by atoms with Gasteiger partial charge in [-0.2, -0.15) is 0 Å². The van der Waals surface area contributed by atoms with E-state index >= 15 is 0 Å². The maximum Gasteiger partial charge on any atom is -0.00650 e. The van der Waals surface area contributed by atoms with E-state index in [1.165, 1.54) is 44.9 Å². The van der Waals surface area contributed by atoms with E-state index in [1.54, 1.807) is 0 Å². The molecule has 0 aromatic heterocycles. The Labute approximate surface area is 82.4 Å². The third-order valence-electron chi connectivity index (χ3n) is 4.28. The van der Waals surface area contributed by atoms with Crippen LogP contribution in [-0.4, -0.2) is 0 Å². The molecule has 74 valence electrons. The lowest BCUT2D eigenvalue weighted by atomic mass is 9.59. The van der Waals surface area contributed by atoms with E-state index in [4.69, 9.17) is 0 Å². The first-order chi connectivity index (χ1) is 6.26. The number of hydrogen-bond donors (Lipinski definition) is 0. The largest absolute Gasteiger partial charge is 0.0848 e. The third-order valence-corrected chi connectivity index (χ3v) is 4.28. The Kier molecular flexibility index (Phi) is 2.49. The van der Waals surface area contributed by atoms with Gasteiger partial charge >= 0.3 is 0 Å². The van der Waals surface area contributed by atoms with E-state index in [0.29, 0.717) is 5.41 Å². The SMILES string of the molecule is CC(C)C12CCCC=C1CCCC2. The highest BCUT2D eigenvalue weighted by Gasteiger charge is 2.39. The van der Waals surface area contributed by atoms with Gasteiger partial charge in [0, 0.05) is 0 Å². The zero-order chi connectivity index (χ0) is 9.31. The van der Waals surface area contributed by atoms with E-state index in [-0.39, 0.29) is 0 Å². The van der Waals surface area contributed by atoms with Gasteiger partial charge in [-0.15, -0.1) is 0 Å². The molecule has 0 amide bonds. The predicted molar refractivity (Wildman–Crippen MR) is 57.7 cm³/mol. The van der Waals surface area contributed by atoms with Crippen LogP contribution in [0.3, 0.4) is 0 Å². The second kappa shape index (κ2) is 3.48. The summed E-state index contributed by atoms with van der Waals surface area (Å²) in [7, 11) is 0. The van der Waals surface area contributed by atoms with Gasteiger partial charge in [-0.1, -0.05) is 31.9 Å². The summed E-state index contributed by atoms with van der Waals surface area (Å²) in [6.45, 7) is 4.84. The van der Waals surface area contributed by atoms with Crippen LogP contribution in [0.4, 0.5) is 0 Å². The van der Waals surface area contributed by atoms with Gasteiger partial charge in [0.2, 0.25) is 0 Å². The molecule has 0 saturated heterocycles. The van der Waals surface area contributed by atoms with Crippen molar-refractivity contribution in [2.75, 3.05) is 0 Å². The molecule has 0 aromatic carbocycles. The average Bonchev–Trinajstić information content (AvgIpc) is 2.17. The number of allylic oxidation sites excluding steroid dienone is 2. The molecule has 0 aliphatic heterocycles. The first kappa shape index (κ1) is 9.30. The molecule has 0 nitrogen and oxygen atoms in total. The summed E-state index contributed by atoms with van der Waals surface area (Å²) in [5, 5.41) is 0. The Balaban J connectivity index is 2.28. The molecule has 0 heterocycles. The van der Waals surface area contributed by atoms with E-state index in [0.717, 1.165) is 5.92 Å². The van der Waals surface area contributed by atoms with Crippen LogP contribution in [0.2, 0.25) is 0 Å². The highest BCUT2D eigenvalue weighted by atomic mass is 14.4. The van der Waals surface area contributed by atoms with Crippen LogP contribution in [0.15, 0.2) is 11.6 Å². The summed E-state index contributed by atoms with van der Waals surface area (Å²) in [6.07, 6.45) is 12.6. The van der Waals surface area contributed by atoms with Crippen LogP contribution < -0.4 is 0 Å². The topological polar surface area (TPSA) is 0 Å². The fourth-order valence-electron chi connectivity index (χ4n) is 3.40. The Morgan fingerprint density at radius 2 is 1.92 bits per heavy atom. The molecule has 0 bridgehead atoms. The summed E-state index contributed by atoms with van der Waals surface area (Å²) >= 11 is 0. The van der Waals surface area contributed by atoms with Crippen LogP contribution in [0, 0.1) is 11.3 Å². The van der Waals surface area contributed by atoms with Gasteiger partial charge < -0.3 is 0 Å². The van der Waals surface area contributed by atoms with Gasteiger partial charge in [-0.25, -0.2) is 0 Å². The van der Waals surface area contributed by atoms with Crippen molar-refractivity contribution >= 4 is 0 Å². The molecule has 0 aromatic rings. The fourth-order valence-corrected chi connectivity index (χ4v) is 3.40. The summed E-state index contributed by atoms with van der Waals surface area (Å²) in [4.78, 5) is 0. The minimum absolute atomic E-state index is 0.635. The van der Waals surface area contributed by atoms with Gasteiger partial charge in [-0.3, -0.25) is 0 Å². The minimum atomic E-state index is 0.635. The monoisotopic (exact) mass is 178 g/mol. The van der Waals surface area contributed by atoms with E-state index < -0.39 is 0 Å². The zero-order valence-electron chi connectivity index (χ0n) is 9.10. The molecule has 0 radical (unpaired) electrons. The third kappa shape index (κ3) is 1.45. The highest BCUT2D eigenvalue weighted by molar-refractivity contribution is 5.20. The van der Waals surface area contributed by atoms with Crippen LogP contribution in [0.5, 0.6) is 0 Å². The lowest BCUT2D eigenvalue weighted by Crippen LogP contribution is -2.34. The second-order valence-electron chi connectivity index (χ2n) is 5.14. The molecule has 1 saturated carbocycles. The van der Waals surface area contributed by atoms with E-state index in [2.05, 4.69) is 19.9 Å². The maximum atomic E-state index is 2.56.